The number of carbonyl (C=O) groups is 1. The van der Waals surface area contributed by atoms with Crippen molar-refractivity contribution in [3.8, 4) is 0 Å². The third-order valence-electron chi connectivity index (χ3n) is 7.10. The van der Waals surface area contributed by atoms with E-state index in [4.69, 9.17) is 0 Å². The van der Waals surface area contributed by atoms with Crippen LogP contribution in [0.25, 0.3) is 0 Å². The average molecular weight is 473 g/mol. The van der Waals surface area contributed by atoms with Crippen LogP contribution in [0.3, 0.4) is 0 Å². The molecule has 0 radical (unpaired) electrons. The van der Waals surface area contributed by atoms with Gasteiger partial charge in [-0.3, -0.25) is 4.79 Å². The molecule has 3 rings (SSSR count). The smallest absolute Gasteiger partial charge is 0.243 e. The lowest BCUT2D eigenvalue weighted by molar-refractivity contribution is -0.890. The van der Waals surface area contributed by atoms with Crippen LogP contribution in [0.1, 0.15) is 46.7 Å². The topological polar surface area (TPSA) is 70.9 Å². The number of piperidine rings is 1. The molecule has 0 unspecified atom stereocenters. The summed E-state index contributed by atoms with van der Waals surface area (Å²) in [6.07, 6.45) is 1.08. The van der Waals surface area contributed by atoms with Crippen LogP contribution >= 0.6 is 0 Å². The number of amides is 1. The molecule has 1 saturated heterocycles. The standard InChI is InChI=1S/C26H37N3O3S/c1-18-16-19(2)21(4)25(20(18)3)33(31,32)29-14-12-23(13-15-29)26(30)27-17-24(28(5)6)22-10-8-7-9-11-22/h7-11,16,23-24H,12-15,17H2,1-6H3,(H,27,30)/p+1/t24-/m1/s1. The Labute approximate surface area is 199 Å². The highest BCUT2D eigenvalue weighted by Gasteiger charge is 2.34. The highest BCUT2D eigenvalue weighted by molar-refractivity contribution is 7.89. The predicted molar refractivity (Wildman–Crippen MR) is 132 cm³/mol. The first-order chi connectivity index (χ1) is 15.5. The molecule has 0 bridgehead atoms. The summed E-state index contributed by atoms with van der Waals surface area (Å²) in [6.45, 7) is 8.96. The summed E-state index contributed by atoms with van der Waals surface area (Å²) < 4.78 is 28.5. The van der Waals surface area contributed by atoms with Crippen LogP contribution in [-0.4, -0.2) is 52.4 Å². The van der Waals surface area contributed by atoms with E-state index < -0.39 is 10.0 Å². The molecule has 2 aromatic rings. The van der Waals surface area contributed by atoms with Crippen LogP contribution in [0.15, 0.2) is 41.3 Å². The average Bonchev–Trinajstić information content (AvgIpc) is 2.78. The third kappa shape index (κ3) is 5.48. The van der Waals surface area contributed by atoms with Crippen molar-refractivity contribution in [1.29, 1.82) is 0 Å². The van der Waals surface area contributed by atoms with Gasteiger partial charge in [0, 0.05) is 24.6 Å². The van der Waals surface area contributed by atoms with E-state index in [1.807, 2.05) is 52.0 Å². The molecule has 1 heterocycles. The summed E-state index contributed by atoms with van der Waals surface area (Å²) in [4.78, 5) is 14.6. The molecule has 0 spiro atoms. The van der Waals surface area contributed by atoms with Crippen molar-refractivity contribution in [1.82, 2.24) is 9.62 Å². The normalized spacial score (nSPS) is 16.7. The van der Waals surface area contributed by atoms with Crippen LogP contribution in [-0.2, 0) is 14.8 Å². The molecule has 1 atom stereocenters. The van der Waals surface area contributed by atoms with Gasteiger partial charge < -0.3 is 10.2 Å². The van der Waals surface area contributed by atoms with Gasteiger partial charge in [-0.2, -0.15) is 4.31 Å². The van der Waals surface area contributed by atoms with Gasteiger partial charge in [0.15, 0.2) is 0 Å². The molecule has 33 heavy (non-hydrogen) atoms. The number of rotatable bonds is 7. The van der Waals surface area contributed by atoms with Crippen molar-refractivity contribution in [3.05, 3.63) is 64.2 Å². The maximum Gasteiger partial charge on any atom is 0.243 e. The Morgan fingerprint density at radius 1 is 1.03 bits per heavy atom. The monoisotopic (exact) mass is 472 g/mol. The molecule has 2 aromatic carbocycles. The SMILES string of the molecule is Cc1cc(C)c(C)c(S(=O)(=O)N2CCC(C(=O)NC[C@H](c3ccccc3)[NH+](C)C)CC2)c1C. The van der Waals surface area contributed by atoms with Crippen LogP contribution in [0.2, 0.25) is 0 Å². The minimum atomic E-state index is -3.59. The second kappa shape index (κ2) is 10.4. The number of nitrogens with one attached hydrogen (secondary N) is 2. The quantitative estimate of drug-likeness (QED) is 0.650. The summed E-state index contributed by atoms with van der Waals surface area (Å²) in [5.74, 6) is -0.139. The van der Waals surface area contributed by atoms with Crippen molar-refractivity contribution in [2.75, 3.05) is 33.7 Å². The van der Waals surface area contributed by atoms with Gasteiger partial charge in [-0.25, -0.2) is 8.42 Å². The number of likely N-dealkylation sites (N-methyl/N-ethyl adjacent to an activating group) is 1. The van der Waals surface area contributed by atoms with Gasteiger partial charge in [0.25, 0.3) is 0 Å². The first-order valence-electron chi connectivity index (χ1n) is 11.7. The lowest BCUT2D eigenvalue weighted by atomic mass is 9.97. The Morgan fingerprint density at radius 3 is 2.09 bits per heavy atom. The van der Waals surface area contributed by atoms with E-state index >= 15 is 0 Å². The van der Waals surface area contributed by atoms with Crippen molar-refractivity contribution in [2.45, 2.75) is 51.5 Å². The van der Waals surface area contributed by atoms with Crippen molar-refractivity contribution in [2.24, 2.45) is 5.92 Å². The number of hydrogen-bond acceptors (Lipinski definition) is 3. The number of nitrogens with zero attached hydrogens (tertiary/aromatic N) is 1. The Kier molecular flexibility index (Phi) is 7.98. The molecule has 1 aliphatic rings. The fourth-order valence-electron chi connectivity index (χ4n) is 4.74. The van der Waals surface area contributed by atoms with E-state index in [0.29, 0.717) is 37.4 Å². The fourth-order valence-corrected chi connectivity index (χ4v) is 6.79. The van der Waals surface area contributed by atoms with Gasteiger partial charge in [-0.1, -0.05) is 36.4 Å². The maximum absolute atomic E-state index is 13.5. The highest BCUT2D eigenvalue weighted by Crippen LogP contribution is 2.31. The van der Waals surface area contributed by atoms with E-state index in [1.54, 1.807) is 4.31 Å². The molecular weight excluding hydrogens is 434 g/mol. The molecule has 2 N–H and O–H groups in total. The number of aryl methyl sites for hydroxylation is 2. The molecule has 7 heteroatoms. The van der Waals surface area contributed by atoms with Crippen LogP contribution in [0.5, 0.6) is 0 Å². The Balaban J connectivity index is 1.64. The zero-order valence-corrected chi connectivity index (χ0v) is 21.6. The van der Waals surface area contributed by atoms with Gasteiger partial charge in [0.1, 0.15) is 6.04 Å². The molecule has 180 valence electrons. The minimum Gasteiger partial charge on any atom is -0.350 e. The Hall–Kier alpha value is -2.22. The molecule has 1 amide bonds. The zero-order valence-electron chi connectivity index (χ0n) is 20.7. The summed E-state index contributed by atoms with van der Waals surface area (Å²) in [6, 6.07) is 12.4. The van der Waals surface area contributed by atoms with Gasteiger partial charge >= 0.3 is 0 Å². The second-order valence-corrected chi connectivity index (χ2v) is 11.4. The predicted octanol–water partition coefficient (Wildman–Crippen LogP) is 2.32. The summed E-state index contributed by atoms with van der Waals surface area (Å²) in [5.41, 5.74) is 4.80. The van der Waals surface area contributed by atoms with Gasteiger partial charge in [-0.15, -0.1) is 0 Å². The zero-order chi connectivity index (χ0) is 24.3. The molecule has 6 nitrogen and oxygen atoms in total. The summed E-state index contributed by atoms with van der Waals surface area (Å²) >= 11 is 0. The molecule has 1 aliphatic heterocycles. The first-order valence-corrected chi connectivity index (χ1v) is 13.2. The van der Waals surface area contributed by atoms with E-state index in [9.17, 15) is 13.2 Å². The lowest BCUT2D eigenvalue weighted by Gasteiger charge is -2.32. The number of sulfonamides is 1. The van der Waals surface area contributed by atoms with E-state index in [-0.39, 0.29) is 17.9 Å². The summed E-state index contributed by atoms with van der Waals surface area (Å²) in [5, 5.41) is 3.12. The Bertz CT molecular complexity index is 1060. The first kappa shape index (κ1) is 25.4. The lowest BCUT2D eigenvalue weighted by Crippen LogP contribution is -3.07. The van der Waals surface area contributed by atoms with E-state index in [1.165, 1.54) is 10.5 Å². The van der Waals surface area contributed by atoms with Crippen LogP contribution in [0.4, 0.5) is 0 Å². The molecule has 0 aliphatic carbocycles. The highest BCUT2D eigenvalue weighted by atomic mass is 32.2. The van der Waals surface area contributed by atoms with Crippen molar-refractivity contribution < 1.29 is 18.1 Å². The number of benzene rings is 2. The molecule has 1 fully saturated rings. The van der Waals surface area contributed by atoms with Crippen LogP contribution < -0.4 is 10.2 Å². The van der Waals surface area contributed by atoms with Gasteiger partial charge in [0.05, 0.1) is 25.5 Å². The molecule has 0 saturated carbocycles. The largest absolute Gasteiger partial charge is 0.350 e. The number of carbonyl (C=O) groups excluding carboxylic acids is 1. The van der Waals surface area contributed by atoms with Crippen LogP contribution in [0, 0.1) is 33.6 Å². The fraction of sp³-hybridized carbons (Fsp3) is 0.500. The van der Waals surface area contributed by atoms with E-state index in [0.717, 1.165) is 22.3 Å². The van der Waals surface area contributed by atoms with Crippen molar-refractivity contribution >= 4 is 15.9 Å². The molecule has 0 aromatic heterocycles. The second-order valence-electron chi connectivity index (χ2n) is 9.55. The summed E-state index contributed by atoms with van der Waals surface area (Å²) in [7, 11) is 0.583. The van der Waals surface area contributed by atoms with E-state index in [2.05, 4.69) is 31.5 Å². The van der Waals surface area contributed by atoms with Gasteiger partial charge in [0.2, 0.25) is 15.9 Å². The number of quaternary nitrogens is 1. The Morgan fingerprint density at radius 2 is 1.58 bits per heavy atom. The minimum absolute atomic E-state index is 0.0213. The van der Waals surface area contributed by atoms with Gasteiger partial charge in [-0.05, 0) is 62.8 Å². The van der Waals surface area contributed by atoms with Crippen molar-refractivity contribution in [3.63, 3.8) is 0 Å². The maximum atomic E-state index is 13.5. The molecular formula is C26H38N3O3S+. The number of hydrogen-bond donors (Lipinski definition) is 2. The third-order valence-corrected chi connectivity index (χ3v) is 9.27.